The molecule has 5 nitrogen and oxygen atoms in total. The average molecular weight is 339 g/mol. The second-order valence-electron chi connectivity index (χ2n) is 5.56. The molecule has 128 valence electrons. The van der Waals surface area contributed by atoms with Gasteiger partial charge in [-0.2, -0.15) is 0 Å². The van der Waals surface area contributed by atoms with E-state index in [1.54, 1.807) is 18.2 Å². The molecule has 25 heavy (non-hydrogen) atoms. The number of fused-ring (bicyclic) bond motifs is 1. The molecule has 0 saturated carbocycles. The smallest absolute Gasteiger partial charge is 0.226 e. The molecule has 0 aliphatic rings. The van der Waals surface area contributed by atoms with Crippen LogP contribution in [-0.4, -0.2) is 20.7 Å². The van der Waals surface area contributed by atoms with Gasteiger partial charge in [0, 0.05) is 12.6 Å². The molecule has 0 bridgehead atoms. The fourth-order valence-corrected chi connectivity index (χ4v) is 2.48. The van der Waals surface area contributed by atoms with Crippen LogP contribution in [0.25, 0.3) is 11.0 Å². The molecule has 0 aliphatic carbocycles. The van der Waals surface area contributed by atoms with Gasteiger partial charge in [0.25, 0.3) is 0 Å². The number of nitrogens with zero attached hydrogens (tertiary/aromatic N) is 2. The number of rotatable bonds is 7. The van der Waals surface area contributed by atoms with E-state index in [4.69, 9.17) is 4.74 Å². The Morgan fingerprint density at radius 1 is 1.36 bits per heavy atom. The van der Waals surface area contributed by atoms with Crippen LogP contribution in [0.15, 0.2) is 48.9 Å². The highest BCUT2D eigenvalue weighted by Crippen LogP contribution is 2.26. The first kappa shape index (κ1) is 16.8. The zero-order chi connectivity index (χ0) is 17.6. The van der Waals surface area contributed by atoms with Gasteiger partial charge in [0.15, 0.2) is 5.78 Å². The van der Waals surface area contributed by atoms with Crippen molar-refractivity contribution in [3.63, 3.8) is 0 Å². The molecule has 2 heterocycles. The molecule has 2 aromatic heterocycles. The van der Waals surface area contributed by atoms with E-state index in [2.05, 4.69) is 15.0 Å². The fraction of sp³-hybridized carbons (Fsp3) is 0.211. The van der Waals surface area contributed by atoms with Gasteiger partial charge in [0.2, 0.25) is 5.88 Å². The van der Waals surface area contributed by atoms with Crippen LogP contribution in [0.2, 0.25) is 0 Å². The van der Waals surface area contributed by atoms with Gasteiger partial charge in [-0.05, 0) is 35.8 Å². The normalized spacial score (nSPS) is 11.3. The van der Waals surface area contributed by atoms with Crippen molar-refractivity contribution in [1.29, 1.82) is 0 Å². The van der Waals surface area contributed by atoms with E-state index < -0.39 is 0 Å². The number of aromatic nitrogens is 3. The number of benzene rings is 1. The first-order valence-electron chi connectivity index (χ1n) is 8.05. The zero-order valence-electron chi connectivity index (χ0n) is 13.8. The highest BCUT2D eigenvalue weighted by atomic mass is 19.1. The lowest BCUT2D eigenvalue weighted by Crippen LogP contribution is -1.99. The van der Waals surface area contributed by atoms with Crippen molar-refractivity contribution in [2.45, 2.75) is 26.4 Å². The number of ketones is 1. The maximum Gasteiger partial charge on any atom is 0.226 e. The quantitative estimate of drug-likeness (QED) is 0.666. The standard InChI is InChI=1S/C19H18FN3O2/c1-2-16(24)8-4-6-14-10-21-18-17(14)19(23-12-22-18)25-11-13-5-3-7-15(20)9-13/h3-5,7-10,12H,2,6,11H2,1H3,(H,21,22,23)/b8-4+. The van der Waals surface area contributed by atoms with E-state index in [-0.39, 0.29) is 18.2 Å². The lowest BCUT2D eigenvalue weighted by atomic mass is 10.1. The predicted molar refractivity (Wildman–Crippen MR) is 92.8 cm³/mol. The molecule has 0 fully saturated rings. The number of allylic oxidation sites excluding steroid dienone is 2. The molecule has 0 unspecified atom stereocenters. The summed E-state index contributed by atoms with van der Waals surface area (Å²) in [6, 6.07) is 6.25. The van der Waals surface area contributed by atoms with Crippen LogP contribution in [-0.2, 0) is 17.8 Å². The Labute approximate surface area is 144 Å². The van der Waals surface area contributed by atoms with E-state index >= 15 is 0 Å². The van der Waals surface area contributed by atoms with Gasteiger partial charge in [0.05, 0.1) is 5.39 Å². The number of halogens is 1. The number of nitrogens with one attached hydrogen (secondary N) is 1. The number of hydrogen-bond donors (Lipinski definition) is 1. The van der Waals surface area contributed by atoms with Crippen LogP contribution in [0.1, 0.15) is 24.5 Å². The Bertz CT molecular complexity index is 918. The fourth-order valence-electron chi connectivity index (χ4n) is 2.48. The molecule has 0 spiro atoms. The Morgan fingerprint density at radius 2 is 2.24 bits per heavy atom. The van der Waals surface area contributed by atoms with Gasteiger partial charge >= 0.3 is 0 Å². The molecular weight excluding hydrogens is 321 g/mol. The number of H-pyrrole nitrogens is 1. The van der Waals surface area contributed by atoms with Crippen molar-refractivity contribution >= 4 is 16.8 Å². The summed E-state index contributed by atoms with van der Waals surface area (Å²) in [7, 11) is 0. The third-order valence-corrected chi connectivity index (χ3v) is 3.77. The van der Waals surface area contributed by atoms with Crippen LogP contribution in [0, 0.1) is 5.82 Å². The third-order valence-electron chi connectivity index (χ3n) is 3.77. The largest absolute Gasteiger partial charge is 0.472 e. The molecule has 0 amide bonds. The van der Waals surface area contributed by atoms with Crippen LogP contribution < -0.4 is 4.74 Å². The van der Waals surface area contributed by atoms with Gasteiger partial charge < -0.3 is 9.72 Å². The van der Waals surface area contributed by atoms with Crippen LogP contribution >= 0.6 is 0 Å². The maximum atomic E-state index is 13.3. The zero-order valence-corrected chi connectivity index (χ0v) is 13.8. The van der Waals surface area contributed by atoms with Crippen LogP contribution in [0.4, 0.5) is 4.39 Å². The number of ether oxygens (including phenoxy) is 1. The number of aromatic amines is 1. The molecule has 3 aromatic rings. The Hall–Kier alpha value is -3.02. The summed E-state index contributed by atoms with van der Waals surface area (Å²) in [5.41, 5.74) is 2.32. The molecule has 3 rings (SSSR count). The van der Waals surface area contributed by atoms with Crippen molar-refractivity contribution in [1.82, 2.24) is 15.0 Å². The first-order chi connectivity index (χ1) is 12.2. The van der Waals surface area contributed by atoms with Crippen LogP contribution in [0.5, 0.6) is 5.88 Å². The van der Waals surface area contributed by atoms with Gasteiger partial charge in [-0.25, -0.2) is 14.4 Å². The summed E-state index contributed by atoms with van der Waals surface area (Å²) in [6.07, 6.45) is 7.69. The summed E-state index contributed by atoms with van der Waals surface area (Å²) in [4.78, 5) is 22.9. The molecule has 0 radical (unpaired) electrons. The van der Waals surface area contributed by atoms with Crippen molar-refractivity contribution in [3.8, 4) is 5.88 Å². The van der Waals surface area contributed by atoms with Crippen molar-refractivity contribution in [2.24, 2.45) is 0 Å². The van der Waals surface area contributed by atoms with E-state index in [0.717, 1.165) is 16.5 Å². The number of carbonyl (C=O) groups excluding carboxylic acids is 1. The number of hydrogen-bond acceptors (Lipinski definition) is 4. The molecule has 0 aliphatic heterocycles. The van der Waals surface area contributed by atoms with Crippen molar-refractivity contribution < 1.29 is 13.9 Å². The lowest BCUT2D eigenvalue weighted by molar-refractivity contribution is -0.114. The minimum atomic E-state index is -0.304. The predicted octanol–water partition coefficient (Wildman–Crippen LogP) is 3.75. The summed E-state index contributed by atoms with van der Waals surface area (Å²) in [5, 5.41) is 0.771. The van der Waals surface area contributed by atoms with Gasteiger partial charge in [-0.3, -0.25) is 4.79 Å². The molecule has 6 heteroatoms. The molecule has 0 saturated heterocycles. The second-order valence-corrected chi connectivity index (χ2v) is 5.56. The minimum absolute atomic E-state index is 0.0821. The Balaban J connectivity index is 1.81. The van der Waals surface area contributed by atoms with Gasteiger partial charge in [0.1, 0.15) is 24.4 Å². The summed E-state index contributed by atoms with van der Waals surface area (Å²) in [5.74, 6) is 0.210. The summed E-state index contributed by atoms with van der Waals surface area (Å²) < 4.78 is 19.1. The summed E-state index contributed by atoms with van der Waals surface area (Å²) in [6.45, 7) is 2.03. The molecular formula is C19H18FN3O2. The second kappa shape index (κ2) is 7.70. The van der Waals surface area contributed by atoms with E-state index in [9.17, 15) is 9.18 Å². The van der Waals surface area contributed by atoms with Gasteiger partial charge in [-0.15, -0.1) is 0 Å². The lowest BCUT2D eigenvalue weighted by Gasteiger charge is -2.07. The molecule has 0 atom stereocenters. The van der Waals surface area contributed by atoms with E-state index in [1.165, 1.54) is 18.5 Å². The van der Waals surface area contributed by atoms with Crippen molar-refractivity contribution in [2.75, 3.05) is 0 Å². The third kappa shape index (κ3) is 4.09. The summed E-state index contributed by atoms with van der Waals surface area (Å²) >= 11 is 0. The topological polar surface area (TPSA) is 67.9 Å². The highest BCUT2D eigenvalue weighted by molar-refractivity contribution is 5.89. The van der Waals surface area contributed by atoms with E-state index in [1.807, 2.05) is 19.2 Å². The Kier molecular flexibility index (Phi) is 5.18. The van der Waals surface area contributed by atoms with Crippen LogP contribution in [0.3, 0.4) is 0 Å². The molecule has 1 N–H and O–H groups in total. The SMILES string of the molecule is CCC(=O)/C=C/Cc1c[nH]c2ncnc(OCc3cccc(F)c3)c12. The van der Waals surface area contributed by atoms with Crippen molar-refractivity contribution in [3.05, 3.63) is 65.9 Å². The van der Waals surface area contributed by atoms with E-state index in [0.29, 0.717) is 24.4 Å². The minimum Gasteiger partial charge on any atom is -0.472 e. The van der Waals surface area contributed by atoms with Gasteiger partial charge in [-0.1, -0.05) is 25.1 Å². The maximum absolute atomic E-state index is 13.3. The first-order valence-corrected chi connectivity index (χ1v) is 8.05. The average Bonchev–Trinajstić information content (AvgIpc) is 3.04. The Morgan fingerprint density at radius 3 is 3.04 bits per heavy atom. The monoisotopic (exact) mass is 339 g/mol. The highest BCUT2D eigenvalue weighted by Gasteiger charge is 2.12. The molecule has 1 aromatic carbocycles. The number of carbonyl (C=O) groups is 1.